The number of benzene rings is 3. The largest absolute Gasteiger partial charge is 0.493 e. The molecule has 0 saturated heterocycles. The summed E-state index contributed by atoms with van der Waals surface area (Å²) >= 11 is 0. The van der Waals surface area contributed by atoms with Crippen molar-refractivity contribution < 1.29 is 67.8 Å². The molecule has 0 aromatic heterocycles. The second-order valence-electron chi connectivity index (χ2n) is 12.1. The smallest absolute Gasteiger partial charge is 0.408 e. The maximum absolute atomic E-state index is 13.3. The topological polar surface area (TPSA) is 233 Å². The molecule has 5 N–H and O–H groups in total. The molecule has 16 nitrogen and oxygen atoms in total. The molecular weight excluding hydrogens is 708 g/mol. The van der Waals surface area contributed by atoms with Gasteiger partial charge in [0.25, 0.3) is 0 Å². The van der Waals surface area contributed by atoms with Crippen LogP contribution >= 0.6 is 0 Å². The van der Waals surface area contributed by atoms with E-state index >= 15 is 0 Å². The summed E-state index contributed by atoms with van der Waals surface area (Å²) in [6.07, 6.45) is -0.346. The van der Waals surface area contributed by atoms with Crippen LogP contribution in [0.4, 0.5) is 4.79 Å². The average molecular weight is 755 g/mol. The second kappa shape index (κ2) is 21.3. The van der Waals surface area contributed by atoms with Crippen molar-refractivity contribution in [3.63, 3.8) is 0 Å². The standard InChI is InChI=1S/C21H22O9.C17H24N2O5/c1-27-13-9-5-7-11(18(13)29-3)15(20(23)24)17(22)16(21(25)26)12-8-6-10-14(28-2)19(12)30-4;1-11(2)9-14(15(20)18-12(3)16(21)22)19-17(23)24-10-13-7-5-4-6-8-13/h5-10,15-16H,1-4H3,(H,23,24)(H,25,26);4-8,11-12,14H,9-10H2,1-3H3,(H,18,20)(H,19,23)(H,21,22)/t;12-,14-/m.0/s1. The van der Waals surface area contributed by atoms with E-state index in [1.807, 2.05) is 44.2 Å². The van der Waals surface area contributed by atoms with E-state index in [0.29, 0.717) is 6.42 Å². The summed E-state index contributed by atoms with van der Waals surface area (Å²) in [4.78, 5) is 72.4. The Morgan fingerprint density at radius 2 is 1.09 bits per heavy atom. The lowest BCUT2D eigenvalue weighted by Crippen LogP contribution is -2.51. The van der Waals surface area contributed by atoms with Gasteiger partial charge < -0.3 is 49.6 Å². The fourth-order valence-electron chi connectivity index (χ4n) is 5.25. The van der Waals surface area contributed by atoms with Crippen LogP contribution in [0.3, 0.4) is 0 Å². The zero-order chi connectivity index (χ0) is 40.5. The number of rotatable bonds is 18. The number of hydrogen-bond donors (Lipinski definition) is 5. The number of ketones is 1. The summed E-state index contributed by atoms with van der Waals surface area (Å²) in [6.45, 7) is 5.25. The first-order chi connectivity index (χ1) is 25.6. The van der Waals surface area contributed by atoms with Gasteiger partial charge in [0.15, 0.2) is 28.8 Å². The van der Waals surface area contributed by atoms with Gasteiger partial charge in [-0.1, -0.05) is 68.4 Å². The van der Waals surface area contributed by atoms with E-state index in [2.05, 4.69) is 10.6 Å². The van der Waals surface area contributed by atoms with Crippen molar-refractivity contribution in [3.8, 4) is 23.0 Å². The summed E-state index contributed by atoms with van der Waals surface area (Å²) in [7, 11) is 5.32. The van der Waals surface area contributed by atoms with Gasteiger partial charge >= 0.3 is 24.0 Å². The SMILES string of the molecule is CC(C)C[C@H](NC(=O)OCc1ccccc1)C(=O)N[C@@H](C)C(=O)O.COc1cccc(C(C(=O)O)C(=O)C(C(=O)O)c2cccc(OC)c2OC)c1OC. The number of Topliss-reactive ketones (excluding diaryl/α,β-unsaturated/α-hetero) is 1. The molecule has 0 fully saturated rings. The number of methoxy groups -OCH3 is 4. The van der Waals surface area contributed by atoms with Crippen LogP contribution in [0.25, 0.3) is 0 Å². The summed E-state index contributed by atoms with van der Waals surface area (Å²) in [5.41, 5.74) is 0.780. The zero-order valence-electron chi connectivity index (χ0n) is 31.0. The third-order valence-electron chi connectivity index (χ3n) is 7.81. The molecule has 0 bridgehead atoms. The molecule has 4 atom stereocenters. The van der Waals surface area contributed by atoms with Gasteiger partial charge in [0.1, 0.15) is 30.5 Å². The summed E-state index contributed by atoms with van der Waals surface area (Å²) < 4.78 is 25.9. The van der Waals surface area contributed by atoms with Crippen LogP contribution in [0.5, 0.6) is 23.0 Å². The molecular formula is C38H46N2O14. The van der Waals surface area contributed by atoms with Gasteiger partial charge in [0.2, 0.25) is 5.91 Å². The summed E-state index contributed by atoms with van der Waals surface area (Å²) in [5, 5.41) is 33.4. The normalized spacial score (nSPS) is 12.7. The molecule has 3 aromatic rings. The number of hydrogen-bond acceptors (Lipinski definition) is 11. The van der Waals surface area contributed by atoms with Crippen LogP contribution in [-0.4, -0.2) is 91.5 Å². The Hall–Kier alpha value is -6.32. The van der Waals surface area contributed by atoms with Gasteiger partial charge in [-0.05, 0) is 37.0 Å². The Bertz CT molecular complexity index is 1690. The van der Waals surface area contributed by atoms with Gasteiger partial charge in [0.05, 0.1) is 28.4 Å². The molecule has 0 aliphatic heterocycles. The van der Waals surface area contributed by atoms with Gasteiger partial charge in [-0.2, -0.15) is 0 Å². The van der Waals surface area contributed by atoms with Gasteiger partial charge in [-0.25, -0.2) is 4.79 Å². The molecule has 54 heavy (non-hydrogen) atoms. The number of carboxylic acid groups (broad SMARTS) is 3. The molecule has 3 rings (SSSR count). The van der Waals surface area contributed by atoms with Gasteiger partial charge in [-0.3, -0.25) is 24.0 Å². The van der Waals surface area contributed by atoms with Gasteiger partial charge in [-0.15, -0.1) is 0 Å². The molecule has 0 heterocycles. The average Bonchev–Trinajstić information content (AvgIpc) is 3.13. The second-order valence-corrected chi connectivity index (χ2v) is 12.1. The Labute approximate surface area is 312 Å². The number of para-hydroxylation sites is 2. The molecule has 0 aliphatic rings. The molecule has 0 spiro atoms. The Morgan fingerprint density at radius 3 is 1.48 bits per heavy atom. The molecule has 292 valence electrons. The molecule has 3 aromatic carbocycles. The van der Waals surface area contributed by atoms with E-state index in [4.69, 9.17) is 28.8 Å². The number of ether oxygens (including phenoxy) is 5. The van der Waals surface area contributed by atoms with E-state index in [1.54, 1.807) is 0 Å². The Morgan fingerprint density at radius 1 is 0.611 bits per heavy atom. The fourth-order valence-corrected chi connectivity index (χ4v) is 5.25. The van der Waals surface area contributed by atoms with Gasteiger partial charge in [0, 0.05) is 11.1 Å². The maximum atomic E-state index is 13.3. The van der Waals surface area contributed by atoms with Crippen molar-refractivity contribution >= 4 is 35.7 Å². The first-order valence-electron chi connectivity index (χ1n) is 16.5. The zero-order valence-corrected chi connectivity index (χ0v) is 31.0. The number of carboxylic acids is 3. The van der Waals surface area contributed by atoms with E-state index in [9.17, 15) is 39.0 Å². The highest BCUT2D eigenvalue weighted by Gasteiger charge is 2.42. The highest BCUT2D eigenvalue weighted by molar-refractivity contribution is 6.15. The minimum Gasteiger partial charge on any atom is -0.493 e. The predicted octanol–water partition coefficient (Wildman–Crippen LogP) is 4.24. The summed E-state index contributed by atoms with van der Waals surface area (Å²) in [5.74, 6) is -8.86. The minimum absolute atomic E-state index is 0.0255. The van der Waals surface area contributed by atoms with Crippen LogP contribution in [0.2, 0.25) is 0 Å². The van der Waals surface area contributed by atoms with Crippen molar-refractivity contribution in [1.29, 1.82) is 0 Å². The lowest BCUT2D eigenvalue weighted by Gasteiger charge is -2.22. The monoisotopic (exact) mass is 754 g/mol. The molecule has 16 heteroatoms. The highest BCUT2D eigenvalue weighted by atomic mass is 16.5. The predicted molar refractivity (Wildman–Crippen MR) is 193 cm³/mol. The molecule has 0 aliphatic carbocycles. The number of nitrogens with one attached hydrogen (secondary N) is 2. The third kappa shape index (κ3) is 12.1. The number of aliphatic carboxylic acids is 3. The van der Waals surface area contributed by atoms with Crippen molar-refractivity contribution in [2.75, 3.05) is 28.4 Å². The Balaban J connectivity index is 0.000000383. The van der Waals surface area contributed by atoms with Crippen molar-refractivity contribution in [3.05, 3.63) is 83.4 Å². The Kier molecular flexibility index (Phi) is 17.3. The van der Waals surface area contributed by atoms with Crippen LogP contribution in [0.15, 0.2) is 66.7 Å². The van der Waals surface area contributed by atoms with Crippen LogP contribution < -0.4 is 29.6 Å². The number of carbonyl (C=O) groups is 6. The van der Waals surface area contributed by atoms with Crippen molar-refractivity contribution in [2.24, 2.45) is 5.92 Å². The van der Waals surface area contributed by atoms with E-state index in [0.717, 1.165) is 5.56 Å². The third-order valence-corrected chi connectivity index (χ3v) is 7.81. The minimum atomic E-state index is -1.83. The van der Waals surface area contributed by atoms with E-state index < -0.39 is 59.6 Å². The molecule has 0 saturated carbocycles. The number of amides is 2. The first-order valence-corrected chi connectivity index (χ1v) is 16.5. The number of alkyl carbamates (subject to hydrolysis) is 1. The first kappa shape index (κ1) is 43.8. The maximum Gasteiger partial charge on any atom is 0.408 e. The van der Waals surface area contributed by atoms with Crippen molar-refractivity contribution in [1.82, 2.24) is 10.6 Å². The lowest BCUT2D eigenvalue weighted by molar-refractivity contribution is -0.147. The van der Waals surface area contributed by atoms with Crippen LogP contribution in [-0.2, 0) is 35.3 Å². The van der Waals surface area contributed by atoms with E-state index in [-0.39, 0.29) is 46.6 Å². The van der Waals surface area contributed by atoms with Crippen LogP contribution in [0.1, 0.15) is 55.7 Å². The summed E-state index contributed by atoms with van der Waals surface area (Å²) in [6, 6.07) is 16.1. The van der Waals surface area contributed by atoms with E-state index in [1.165, 1.54) is 71.8 Å². The molecule has 0 radical (unpaired) electrons. The molecule has 2 amide bonds. The van der Waals surface area contributed by atoms with Crippen molar-refractivity contribution in [2.45, 2.75) is 57.7 Å². The van der Waals surface area contributed by atoms with Crippen LogP contribution in [0, 0.1) is 5.92 Å². The lowest BCUT2D eigenvalue weighted by atomic mass is 9.82. The quantitative estimate of drug-likeness (QED) is 0.114. The fraction of sp³-hybridized carbons (Fsp3) is 0.368. The highest BCUT2D eigenvalue weighted by Crippen LogP contribution is 2.41. The number of carbonyl (C=O) groups excluding carboxylic acids is 3. The molecule has 2 unspecified atom stereocenters.